The summed E-state index contributed by atoms with van der Waals surface area (Å²) in [4.78, 5) is 9.48. The van der Waals surface area contributed by atoms with Crippen LogP contribution in [0.5, 0.6) is 0 Å². The quantitative estimate of drug-likeness (QED) is 0.380. The minimum atomic E-state index is -0.0638. The van der Waals surface area contributed by atoms with E-state index in [4.69, 9.17) is 5.10 Å². The highest BCUT2D eigenvalue weighted by Gasteiger charge is 2.49. The van der Waals surface area contributed by atoms with Gasteiger partial charge in [-0.25, -0.2) is 9.78 Å². The molecule has 0 bridgehead atoms. The van der Waals surface area contributed by atoms with E-state index in [1.807, 2.05) is 18.8 Å². The third-order valence-corrected chi connectivity index (χ3v) is 10.5. The number of aryl methyl sites for hydroxylation is 2. The average Bonchev–Trinajstić information content (AvgIpc) is 3.76. The molecule has 15 heteroatoms. The molecule has 3 aliphatic rings. The molecule has 0 saturated carbocycles. The Morgan fingerprint density at radius 2 is 1.43 bits per heavy atom. The van der Waals surface area contributed by atoms with Crippen molar-refractivity contribution in [2.75, 3.05) is 19.6 Å². The fraction of sp³-hybridized carbons (Fsp3) is 0.897. The van der Waals surface area contributed by atoms with E-state index in [0.29, 0.717) is 11.8 Å². The van der Waals surface area contributed by atoms with Gasteiger partial charge in [0.2, 0.25) is 0 Å². The van der Waals surface area contributed by atoms with Gasteiger partial charge in [0, 0.05) is 36.8 Å². The Labute approximate surface area is 260 Å². The SMILES string of the molecule is Cn1nnc(C2CC(CC(C)(C)N3CCCC3c3nnn[nH]3)CN2C(C)(C)CC2CC(c3nnnn3C)N(C(C)(C)C)C2)n1. The Morgan fingerprint density at radius 1 is 0.750 bits per heavy atom. The Hall–Kier alpha value is -2.91. The van der Waals surface area contributed by atoms with Gasteiger partial charge in [-0.3, -0.25) is 14.7 Å². The minimum absolute atomic E-state index is 0.00482. The molecule has 3 saturated heterocycles. The predicted octanol–water partition coefficient (Wildman–Crippen LogP) is 2.65. The summed E-state index contributed by atoms with van der Waals surface area (Å²) in [6.45, 7) is 19.6. The zero-order valence-electron chi connectivity index (χ0n) is 28.0. The standard InChI is InChI=1S/C29H51N15/c1-27(2,3)43-17-20(14-23(43)26-33-37-39-40(26)8)16-29(6,7)44-18-19(13-22(44)25-32-38-41(9)34-25)15-28(4,5)42-12-10-11-21(42)24-30-35-36-31-24/h19-23H,10-18H2,1-9H3,(H,30,31,35,36). The molecule has 1 N–H and O–H groups in total. The summed E-state index contributed by atoms with van der Waals surface area (Å²) in [7, 11) is 3.80. The van der Waals surface area contributed by atoms with Gasteiger partial charge in [-0.05, 0) is 131 Å². The lowest BCUT2D eigenvalue weighted by Crippen LogP contribution is -2.47. The summed E-state index contributed by atoms with van der Waals surface area (Å²) in [5.41, 5.74) is -0.0536. The van der Waals surface area contributed by atoms with Crippen LogP contribution in [-0.2, 0) is 14.1 Å². The minimum Gasteiger partial charge on any atom is -0.288 e. The van der Waals surface area contributed by atoms with Crippen LogP contribution in [0.3, 0.4) is 0 Å². The fourth-order valence-corrected chi connectivity index (χ4v) is 8.72. The van der Waals surface area contributed by atoms with E-state index in [0.717, 1.165) is 75.6 Å². The van der Waals surface area contributed by atoms with E-state index in [1.165, 1.54) is 0 Å². The van der Waals surface area contributed by atoms with E-state index in [-0.39, 0.29) is 34.7 Å². The molecule has 0 radical (unpaired) electrons. The van der Waals surface area contributed by atoms with E-state index in [9.17, 15) is 0 Å². The number of H-pyrrole nitrogens is 1. The zero-order valence-corrected chi connectivity index (χ0v) is 28.0. The molecule has 3 aliphatic heterocycles. The summed E-state index contributed by atoms with van der Waals surface area (Å²) in [6, 6.07) is 0.566. The molecule has 3 aromatic rings. The molecule has 44 heavy (non-hydrogen) atoms. The van der Waals surface area contributed by atoms with E-state index in [2.05, 4.69) is 110 Å². The first kappa shape index (κ1) is 31.1. The summed E-state index contributed by atoms with van der Waals surface area (Å²) < 4.78 is 1.84. The molecule has 0 aliphatic carbocycles. The molecule has 6 heterocycles. The second-order valence-corrected chi connectivity index (χ2v) is 15.7. The topological polar surface area (TPSA) is 151 Å². The molecule has 3 fully saturated rings. The summed E-state index contributed by atoms with van der Waals surface area (Å²) in [6.07, 6.45) is 6.45. The van der Waals surface area contributed by atoms with E-state index >= 15 is 0 Å². The number of rotatable bonds is 9. The zero-order chi connectivity index (χ0) is 31.4. The van der Waals surface area contributed by atoms with Crippen molar-refractivity contribution in [3.05, 3.63) is 17.5 Å². The fourth-order valence-electron chi connectivity index (χ4n) is 8.72. The van der Waals surface area contributed by atoms with Crippen LogP contribution in [0.2, 0.25) is 0 Å². The van der Waals surface area contributed by atoms with Crippen molar-refractivity contribution >= 4 is 0 Å². The Kier molecular flexibility index (Phi) is 8.10. The van der Waals surface area contributed by atoms with Crippen LogP contribution in [-0.4, -0.2) is 112 Å². The van der Waals surface area contributed by atoms with Crippen molar-refractivity contribution in [1.29, 1.82) is 0 Å². The number of hydrogen-bond acceptors (Lipinski definition) is 12. The van der Waals surface area contributed by atoms with Gasteiger partial charge in [0.05, 0.1) is 25.2 Å². The second-order valence-electron chi connectivity index (χ2n) is 15.7. The van der Waals surface area contributed by atoms with Crippen LogP contribution < -0.4 is 0 Å². The molecule has 5 atom stereocenters. The molecule has 0 aromatic carbocycles. The number of likely N-dealkylation sites (tertiary alicyclic amines) is 3. The number of tetrazole rings is 3. The van der Waals surface area contributed by atoms with Crippen molar-refractivity contribution in [2.24, 2.45) is 25.9 Å². The average molecular weight is 610 g/mol. The van der Waals surface area contributed by atoms with Crippen LogP contribution in [0, 0.1) is 11.8 Å². The smallest absolute Gasteiger partial charge is 0.191 e. The third-order valence-electron chi connectivity index (χ3n) is 10.5. The first-order valence-corrected chi connectivity index (χ1v) is 16.2. The lowest BCUT2D eigenvalue weighted by molar-refractivity contribution is 0.0601. The van der Waals surface area contributed by atoms with Gasteiger partial charge < -0.3 is 0 Å². The van der Waals surface area contributed by atoms with Gasteiger partial charge in [0.15, 0.2) is 17.5 Å². The van der Waals surface area contributed by atoms with Gasteiger partial charge in [-0.1, -0.05) is 0 Å². The monoisotopic (exact) mass is 609 g/mol. The normalized spacial score (nSPS) is 28.1. The molecule has 3 aromatic heterocycles. The van der Waals surface area contributed by atoms with Gasteiger partial charge >= 0.3 is 0 Å². The van der Waals surface area contributed by atoms with Crippen LogP contribution in [0.4, 0.5) is 0 Å². The molecule has 6 rings (SSSR count). The van der Waals surface area contributed by atoms with Crippen molar-refractivity contribution in [1.82, 2.24) is 75.7 Å². The van der Waals surface area contributed by atoms with Gasteiger partial charge in [-0.2, -0.15) is 4.80 Å². The maximum atomic E-state index is 4.73. The maximum Gasteiger partial charge on any atom is 0.191 e. The van der Waals surface area contributed by atoms with Gasteiger partial charge in [-0.15, -0.1) is 20.4 Å². The molecule has 15 nitrogen and oxygen atoms in total. The first-order chi connectivity index (χ1) is 20.7. The first-order valence-electron chi connectivity index (χ1n) is 16.2. The highest BCUT2D eigenvalue weighted by molar-refractivity contribution is 5.08. The number of aromatic nitrogens is 12. The molecule has 5 unspecified atom stereocenters. The molecule has 0 spiro atoms. The summed E-state index contributed by atoms with van der Waals surface area (Å²) in [5, 5.41) is 41.1. The Morgan fingerprint density at radius 3 is 2.02 bits per heavy atom. The molecule has 0 amide bonds. The third kappa shape index (κ3) is 6.02. The van der Waals surface area contributed by atoms with Gasteiger partial charge in [0.25, 0.3) is 0 Å². The maximum absolute atomic E-state index is 4.73. The van der Waals surface area contributed by atoms with Crippen LogP contribution in [0.25, 0.3) is 0 Å². The lowest BCUT2D eigenvalue weighted by atomic mass is 9.86. The number of hydrogen-bond donors (Lipinski definition) is 1. The van der Waals surface area contributed by atoms with Crippen LogP contribution in [0.15, 0.2) is 0 Å². The van der Waals surface area contributed by atoms with E-state index in [1.54, 1.807) is 4.80 Å². The lowest BCUT2D eigenvalue weighted by Gasteiger charge is -2.42. The van der Waals surface area contributed by atoms with Crippen molar-refractivity contribution < 1.29 is 0 Å². The Bertz CT molecular complexity index is 1390. The molecular weight excluding hydrogens is 558 g/mol. The number of nitrogens with one attached hydrogen (secondary N) is 1. The van der Waals surface area contributed by atoms with Crippen molar-refractivity contribution in [2.45, 2.75) is 122 Å². The Balaban J connectivity index is 1.21. The highest BCUT2D eigenvalue weighted by Crippen LogP contribution is 2.48. The summed E-state index contributed by atoms with van der Waals surface area (Å²) in [5.74, 6) is 3.67. The van der Waals surface area contributed by atoms with Crippen LogP contribution >= 0.6 is 0 Å². The summed E-state index contributed by atoms with van der Waals surface area (Å²) >= 11 is 0. The molecular formula is C29H51N15. The van der Waals surface area contributed by atoms with Crippen molar-refractivity contribution in [3.63, 3.8) is 0 Å². The van der Waals surface area contributed by atoms with Gasteiger partial charge in [0.1, 0.15) is 0 Å². The largest absolute Gasteiger partial charge is 0.288 e. The van der Waals surface area contributed by atoms with Crippen molar-refractivity contribution in [3.8, 4) is 0 Å². The second kappa shape index (κ2) is 11.5. The van der Waals surface area contributed by atoms with Crippen LogP contribution in [0.1, 0.15) is 123 Å². The van der Waals surface area contributed by atoms with E-state index < -0.39 is 0 Å². The number of aromatic amines is 1. The number of nitrogens with zero attached hydrogens (tertiary/aromatic N) is 14. The highest BCUT2D eigenvalue weighted by atomic mass is 15.6. The predicted molar refractivity (Wildman–Crippen MR) is 163 cm³/mol. The molecule has 242 valence electrons.